The van der Waals surface area contributed by atoms with Crippen LogP contribution in [-0.4, -0.2) is 0 Å². The van der Waals surface area contributed by atoms with E-state index < -0.39 is 0 Å². The summed E-state index contributed by atoms with van der Waals surface area (Å²) < 4.78 is 0. The van der Waals surface area contributed by atoms with E-state index in [2.05, 4.69) is 13.0 Å². The number of hydrogen-bond acceptors (Lipinski definition) is 0. The fourth-order valence-electron chi connectivity index (χ4n) is 2.12. The Morgan fingerprint density at radius 1 is 1.19 bits per heavy atom. The molecule has 0 aliphatic heterocycles. The van der Waals surface area contributed by atoms with Crippen molar-refractivity contribution < 1.29 is 0 Å². The maximum absolute atomic E-state index is 6.15. The molecule has 0 bridgehead atoms. The molecule has 0 spiro atoms. The summed E-state index contributed by atoms with van der Waals surface area (Å²) in [4.78, 5) is 0. The summed E-state index contributed by atoms with van der Waals surface area (Å²) in [7, 11) is 0. The summed E-state index contributed by atoms with van der Waals surface area (Å²) in [6.45, 7) is 2.33. The van der Waals surface area contributed by atoms with Crippen LogP contribution in [0.25, 0.3) is 6.08 Å². The van der Waals surface area contributed by atoms with E-state index in [1.807, 2.05) is 12.1 Å². The Morgan fingerprint density at radius 3 is 2.50 bits per heavy atom. The Bertz CT molecular complexity index is 397. The van der Waals surface area contributed by atoms with Gasteiger partial charge in [-0.1, -0.05) is 47.8 Å². The van der Waals surface area contributed by atoms with Crippen LogP contribution in [0.2, 0.25) is 10.0 Å². The molecular weight excluding hydrogens is 239 g/mol. The molecule has 1 aromatic rings. The van der Waals surface area contributed by atoms with Crippen molar-refractivity contribution in [3.05, 3.63) is 39.4 Å². The van der Waals surface area contributed by atoms with E-state index in [1.54, 1.807) is 6.07 Å². The van der Waals surface area contributed by atoms with E-state index in [-0.39, 0.29) is 0 Å². The molecule has 16 heavy (non-hydrogen) atoms. The van der Waals surface area contributed by atoms with Gasteiger partial charge in [-0.05, 0) is 49.3 Å². The monoisotopic (exact) mass is 254 g/mol. The van der Waals surface area contributed by atoms with Gasteiger partial charge in [-0.15, -0.1) is 0 Å². The summed E-state index contributed by atoms with van der Waals surface area (Å²) >= 11 is 12.0. The van der Waals surface area contributed by atoms with Gasteiger partial charge in [0, 0.05) is 10.0 Å². The SMILES string of the molecule is CC1CCC(=Cc2ccc(Cl)cc2Cl)CC1. The van der Waals surface area contributed by atoms with Crippen LogP contribution < -0.4 is 0 Å². The fourth-order valence-corrected chi connectivity index (χ4v) is 2.58. The first kappa shape index (κ1) is 12.0. The average Bonchev–Trinajstić information content (AvgIpc) is 2.25. The molecule has 0 aromatic heterocycles. The Kier molecular flexibility index (Phi) is 3.94. The minimum atomic E-state index is 0.699. The molecule has 2 heteroatoms. The van der Waals surface area contributed by atoms with Gasteiger partial charge in [0.15, 0.2) is 0 Å². The first-order valence-corrected chi connectivity index (χ1v) is 6.55. The Hall–Kier alpha value is -0.460. The molecule has 1 aliphatic carbocycles. The second-order valence-corrected chi connectivity index (χ2v) is 5.49. The maximum Gasteiger partial charge on any atom is 0.0493 e. The van der Waals surface area contributed by atoms with E-state index in [0.29, 0.717) is 5.02 Å². The van der Waals surface area contributed by atoms with Gasteiger partial charge in [0.1, 0.15) is 0 Å². The number of rotatable bonds is 1. The summed E-state index contributed by atoms with van der Waals surface area (Å²) in [6.07, 6.45) is 7.25. The number of halogens is 2. The second-order valence-electron chi connectivity index (χ2n) is 4.65. The van der Waals surface area contributed by atoms with Crippen molar-refractivity contribution in [2.24, 2.45) is 5.92 Å². The minimum Gasteiger partial charge on any atom is -0.0843 e. The second kappa shape index (κ2) is 5.25. The van der Waals surface area contributed by atoms with Crippen LogP contribution in [0, 0.1) is 5.92 Å². The van der Waals surface area contributed by atoms with Crippen molar-refractivity contribution in [2.45, 2.75) is 32.6 Å². The first-order valence-electron chi connectivity index (χ1n) is 5.79. The number of hydrogen-bond donors (Lipinski definition) is 0. The molecule has 2 rings (SSSR count). The summed E-state index contributed by atoms with van der Waals surface area (Å²) in [5.74, 6) is 0.873. The molecule has 1 aliphatic rings. The molecule has 0 nitrogen and oxygen atoms in total. The van der Waals surface area contributed by atoms with E-state index in [1.165, 1.54) is 31.3 Å². The van der Waals surface area contributed by atoms with Crippen molar-refractivity contribution >= 4 is 29.3 Å². The Morgan fingerprint density at radius 2 is 1.88 bits per heavy atom. The smallest absolute Gasteiger partial charge is 0.0493 e. The molecule has 0 unspecified atom stereocenters. The highest BCUT2D eigenvalue weighted by atomic mass is 35.5. The van der Waals surface area contributed by atoms with E-state index >= 15 is 0 Å². The van der Waals surface area contributed by atoms with Gasteiger partial charge in [0.2, 0.25) is 0 Å². The van der Waals surface area contributed by atoms with Crippen molar-refractivity contribution in [1.82, 2.24) is 0 Å². The van der Waals surface area contributed by atoms with E-state index in [4.69, 9.17) is 23.2 Å². The zero-order valence-corrected chi connectivity index (χ0v) is 11.0. The van der Waals surface area contributed by atoms with Crippen LogP contribution in [0.5, 0.6) is 0 Å². The molecule has 86 valence electrons. The molecule has 0 N–H and O–H groups in total. The van der Waals surface area contributed by atoms with Crippen molar-refractivity contribution in [3.63, 3.8) is 0 Å². The third-order valence-corrected chi connectivity index (χ3v) is 3.80. The lowest BCUT2D eigenvalue weighted by Crippen LogP contribution is -2.03. The normalized spacial score (nSPS) is 20.9. The predicted molar refractivity (Wildman–Crippen MR) is 72.1 cm³/mol. The zero-order chi connectivity index (χ0) is 11.5. The lowest BCUT2D eigenvalue weighted by atomic mass is 9.86. The topological polar surface area (TPSA) is 0 Å². The lowest BCUT2D eigenvalue weighted by Gasteiger charge is -2.20. The van der Waals surface area contributed by atoms with E-state index in [0.717, 1.165) is 16.5 Å². The third-order valence-electron chi connectivity index (χ3n) is 3.24. The molecule has 0 saturated heterocycles. The third kappa shape index (κ3) is 3.02. The summed E-state index contributed by atoms with van der Waals surface area (Å²) in [6, 6.07) is 5.70. The lowest BCUT2D eigenvalue weighted by molar-refractivity contribution is 0.446. The van der Waals surface area contributed by atoms with Crippen LogP contribution in [0.1, 0.15) is 38.2 Å². The quantitative estimate of drug-likeness (QED) is 0.613. The van der Waals surface area contributed by atoms with Crippen molar-refractivity contribution in [1.29, 1.82) is 0 Å². The first-order chi connectivity index (χ1) is 7.65. The van der Waals surface area contributed by atoms with Gasteiger partial charge in [-0.25, -0.2) is 0 Å². The fraction of sp³-hybridized carbons (Fsp3) is 0.429. The number of benzene rings is 1. The largest absolute Gasteiger partial charge is 0.0843 e. The van der Waals surface area contributed by atoms with Gasteiger partial charge in [0.05, 0.1) is 0 Å². The standard InChI is InChI=1S/C14H16Cl2/c1-10-2-4-11(5-3-10)8-12-6-7-13(15)9-14(12)16/h6-10H,2-5H2,1H3. The molecule has 0 heterocycles. The zero-order valence-electron chi connectivity index (χ0n) is 9.47. The van der Waals surface area contributed by atoms with Gasteiger partial charge in [-0.2, -0.15) is 0 Å². The van der Waals surface area contributed by atoms with Crippen LogP contribution >= 0.6 is 23.2 Å². The van der Waals surface area contributed by atoms with Crippen LogP contribution in [0.4, 0.5) is 0 Å². The Balaban J connectivity index is 2.16. The van der Waals surface area contributed by atoms with Crippen LogP contribution in [0.3, 0.4) is 0 Å². The molecule has 0 atom stereocenters. The highest BCUT2D eigenvalue weighted by molar-refractivity contribution is 6.35. The maximum atomic E-state index is 6.15. The highest BCUT2D eigenvalue weighted by Gasteiger charge is 2.12. The summed E-state index contributed by atoms with van der Waals surface area (Å²) in [5.41, 5.74) is 2.61. The van der Waals surface area contributed by atoms with Crippen molar-refractivity contribution in [3.8, 4) is 0 Å². The number of allylic oxidation sites excluding steroid dienone is 1. The van der Waals surface area contributed by atoms with Gasteiger partial charge >= 0.3 is 0 Å². The average molecular weight is 255 g/mol. The van der Waals surface area contributed by atoms with Crippen LogP contribution in [0.15, 0.2) is 23.8 Å². The molecule has 0 radical (unpaired) electrons. The summed E-state index contributed by atoms with van der Waals surface area (Å²) in [5, 5.41) is 1.45. The molecular formula is C14H16Cl2. The van der Waals surface area contributed by atoms with Gasteiger partial charge in [-0.3, -0.25) is 0 Å². The van der Waals surface area contributed by atoms with Gasteiger partial charge in [0.25, 0.3) is 0 Å². The Labute approximate surface area is 107 Å². The molecule has 1 aromatic carbocycles. The molecule has 1 saturated carbocycles. The predicted octanol–water partition coefficient (Wildman–Crippen LogP) is 5.59. The van der Waals surface area contributed by atoms with Gasteiger partial charge < -0.3 is 0 Å². The molecule has 0 amide bonds. The minimum absolute atomic E-state index is 0.699. The van der Waals surface area contributed by atoms with Crippen LogP contribution in [-0.2, 0) is 0 Å². The van der Waals surface area contributed by atoms with E-state index in [9.17, 15) is 0 Å². The molecule has 1 fully saturated rings. The van der Waals surface area contributed by atoms with Crippen molar-refractivity contribution in [2.75, 3.05) is 0 Å². The highest BCUT2D eigenvalue weighted by Crippen LogP contribution is 2.31.